The maximum atomic E-state index is 5.64. The van der Waals surface area contributed by atoms with Crippen molar-refractivity contribution in [3.05, 3.63) is 16.1 Å². The van der Waals surface area contributed by atoms with Crippen LogP contribution in [-0.4, -0.2) is 12.1 Å². The van der Waals surface area contributed by atoms with Crippen LogP contribution >= 0.6 is 11.3 Å². The first kappa shape index (κ1) is 12.0. The molecule has 0 amide bonds. The van der Waals surface area contributed by atoms with E-state index in [2.05, 4.69) is 4.98 Å². The van der Waals surface area contributed by atoms with E-state index in [1.165, 1.54) is 32.1 Å². The smallest absolute Gasteiger partial charge is 0.122 e. The zero-order valence-corrected chi connectivity index (χ0v) is 10.6. The number of aromatic nitrogens is 1. The van der Waals surface area contributed by atoms with Crippen molar-refractivity contribution in [2.45, 2.75) is 44.8 Å². The van der Waals surface area contributed by atoms with Crippen LogP contribution < -0.4 is 5.73 Å². The molecule has 90 valence electrons. The van der Waals surface area contributed by atoms with Crippen LogP contribution in [-0.2, 0) is 11.3 Å². The van der Waals surface area contributed by atoms with Gasteiger partial charge in [-0.3, -0.25) is 0 Å². The van der Waals surface area contributed by atoms with Gasteiger partial charge in [-0.25, -0.2) is 4.98 Å². The lowest BCUT2D eigenvalue weighted by Gasteiger charge is -2.27. The van der Waals surface area contributed by atoms with E-state index >= 15 is 0 Å². The average molecular weight is 240 g/mol. The SMILES string of the molecule is COC(c1nc(CN)cs1)C1CCCCC1. The van der Waals surface area contributed by atoms with Crippen LogP contribution in [0.2, 0.25) is 0 Å². The number of methoxy groups -OCH3 is 1. The Labute approximate surface area is 101 Å². The zero-order chi connectivity index (χ0) is 11.4. The number of ether oxygens (including phenoxy) is 1. The maximum Gasteiger partial charge on any atom is 0.122 e. The van der Waals surface area contributed by atoms with Crippen LogP contribution in [0.15, 0.2) is 5.38 Å². The topological polar surface area (TPSA) is 48.1 Å². The first-order valence-electron chi connectivity index (χ1n) is 6.02. The van der Waals surface area contributed by atoms with Gasteiger partial charge in [-0.15, -0.1) is 11.3 Å². The summed E-state index contributed by atoms with van der Waals surface area (Å²) in [5.41, 5.74) is 6.57. The van der Waals surface area contributed by atoms with Crippen LogP contribution in [0, 0.1) is 5.92 Å². The fourth-order valence-electron chi connectivity index (χ4n) is 2.48. The lowest BCUT2D eigenvalue weighted by Crippen LogP contribution is -2.18. The highest BCUT2D eigenvalue weighted by atomic mass is 32.1. The molecule has 1 heterocycles. The van der Waals surface area contributed by atoms with Gasteiger partial charge in [0.25, 0.3) is 0 Å². The number of thiazole rings is 1. The minimum Gasteiger partial charge on any atom is -0.374 e. The molecule has 0 bridgehead atoms. The molecular formula is C12H20N2OS. The van der Waals surface area contributed by atoms with E-state index < -0.39 is 0 Å². The van der Waals surface area contributed by atoms with Crippen molar-refractivity contribution in [3.63, 3.8) is 0 Å². The first-order valence-corrected chi connectivity index (χ1v) is 6.90. The van der Waals surface area contributed by atoms with Gasteiger partial charge in [0.2, 0.25) is 0 Å². The van der Waals surface area contributed by atoms with Crippen molar-refractivity contribution >= 4 is 11.3 Å². The number of hydrogen-bond donors (Lipinski definition) is 1. The van der Waals surface area contributed by atoms with Crippen LogP contribution in [0.25, 0.3) is 0 Å². The lowest BCUT2D eigenvalue weighted by atomic mass is 9.85. The van der Waals surface area contributed by atoms with Crippen molar-refractivity contribution in [2.24, 2.45) is 11.7 Å². The monoisotopic (exact) mass is 240 g/mol. The fraction of sp³-hybridized carbons (Fsp3) is 0.750. The molecule has 0 spiro atoms. The van der Waals surface area contributed by atoms with Gasteiger partial charge < -0.3 is 10.5 Å². The van der Waals surface area contributed by atoms with Gasteiger partial charge in [-0.1, -0.05) is 19.3 Å². The summed E-state index contributed by atoms with van der Waals surface area (Å²) < 4.78 is 5.64. The first-order chi connectivity index (χ1) is 7.85. The predicted octanol–water partition coefficient (Wildman–Crippen LogP) is 2.87. The Hall–Kier alpha value is -0.450. The summed E-state index contributed by atoms with van der Waals surface area (Å²) in [6.45, 7) is 0.525. The molecule has 1 aliphatic rings. The van der Waals surface area contributed by atoms with Crippen LogP contribution in [0.5, 0.6) is 0 Å². The van der Waals surface area contributed by atoms with Crippen LogP contribution in [0.1, 0.15) is 48.9 Å². The number of nitrogens with two attached hydrogens (primary N) is 1. The quantitative estimate of drug-likeness (QED) is 0.880. The van der Waals surface area contributed by atoms with E-state index in [1.54, 1.807) is 18.4 Å². The summed E-state index contributed by atoms with van der Waals surface area (Å²) in [5, 5.41) is 3.15. The summed E-state index contributed by atoms with van der Waals surface area (Å²) in [6.07, 6.45) is 6.77. The third kappa shape index (κ3) is 2.62. The molecule has 3 nitrogen and oxygen atoms in total. The third-order valence-electron chi connectivity index (χ3n) is 3.35. The second kappa shape index (κ2) is 5.75. The number of nitrogens with zero attached hydrogens (tertiary/aromatic N) is 1. The molecule has 16 heavy (non-hydrogen) atoms. The van der Waals surface area contributed by atoms with Crippen LogP contribution in [0.3, 0.4) is 0 Å². The Morgan fingerprint density at radius 1 is 1.50 bits per heavy atom. The van der Waals surface area contributed by atoms with Crippen LogP contribution in [0.4, 0.5) is 0 Å². The Morgan fingerprint density at radius 3 is 2.81 bits per heavy atom. The molecule has 1 aromatic heterocycles. The summed E-state index contributed by atoms with van der Waals surface area (Å²) >= 11 is 1.68. The van der Waals surface area contributed by atoms with Gasteiger partial charge >= 0.3 is 0 Å². The highest BCUT2D eigenvalue weighted by Gasteiger charge is 2.27. The Balaban J connectivity index is 2.08. The molecular weight excluding hydrogens is 220 g/mol. The van der Waals surface area contributed by atoms with E-state index in [9.17, 15) is 0 Å². The normalized spacial score (nSPS) is 19.9. The molecule has 2 rings (SSSR count). The Morgan fingerprint density at radius 2 is 2.25 bits per heavy atom. The maximum absolute atomic E-state index is 5.64. The molecule has 0 aromatic carbocycles. The second-order valence-corrected chi connectivity index (χ2v) is 5.33. The van der Waals surface area contributed by atoms with E-state index in [1.807, 2.05) is 5.38 Å². The fourth-order valence-corrected chi connectivity index (χ4v) is 3.48. The van der Waals surface area contributed by atoms with E-state index in [0.29, 0.717) is 12.5 Å². The van der Waals surface area contributed by atoms with E-state index in [0.717, 1.165) is 10.7 Å². The van der Waals surface area contributed by atoms with Gasteiger partial charge in [-0.05, 0) is 18.8 Å². The van der Waals surface area contributed by atoms with Crippen molar-refractivity contribution in [1.82, 2.24) is 4.98 Å². The molecule has 1 unspecified atom stereocenters. The molecule has 1 fully saturated rings. The molecule has 2 N–H and O–H groups in total. The van der Waals surface area contributed by atoms with Crippen molar-refractivity contribution in [3.8, 4) is 0 Å². The summed E-state index contributed by atoms with van der Waals surface area (Å²) in [5.74, 6) is 0.649. The zero-order valence-electron chi connectivity index (χ0n) is 9.82. The average Bonchev–Trinajstić information content (AvgIpc) is 2.80. The third-order valence-corrected chi connectivity index (χ3v) is 4.31. The van der Waals surface area contributed by atoms with E-state index in [4.69, 9.17) is 10.5 Å². The Bertz CT molecular complexity index is 321. The molecule has 0 saturated heterocycles. The van der Waals surface area contributed by atoms with Gasteiger partial charge in [0, 0.05) is 19.0 Å². The second-order valence-electron chi connectivity index (χ2n) is 4.44. The van der Waals surface area contributed by atoms with E-state index in [-0.39, 0.29) is 6.10 Å². The summed E-state index contributed by atoms with van der Waals surface area (Å²) in [7, 11) is 1.79. The van der Waals surface area contributed by atoms with Gasteiger partial charge in [-0.2, -0.15) is 0 Å². The molecule has 0 aliphatic heterocycles. The van der Waals surface area contributed by atoms with Crippen molar-refractivity contribution in [2.75, 3.05) is 7.11 Å². The van der Waals surface area contributed by atoms with Crippen molar-refractivity contribution in [1.29, 1.82) is 0 Å². The highest BCUT2D eigenvalue weighted by Crippen LogP contribution is 2.37. The predicted molar refractivity (Wildman–Crippen MR) is 66.3 cm³/mol. The van der Waals surface area contributed by atoms with Gasteiger partial charge in [0.15, 0.2) is 0 Å². The molecule has 0 radical (unpaired) electrons. The molecule has 4 heteroatoms. The van der Waals surface area contributed by atoms with Gasteiger partial charge in [0.1, 0.15) is 11.1 Å². The number of hydrogen-bond acceptors (Lipinski definition) is 4. The lowest BCUT2D eigenvalue weighted by molar-refractivity contribution is 0.0351. The Kier molecular flexibility index (Phi) is 4.32. The number of rotatable bonds is 4. The molecule has 1 saturated carbocycles. The van der Waals surface area contributed by atoms with Gasteiger partial charge in [0.05, 0.1) is 5.69 Å². The minimum atomic E-state index is 0.186. The highest BCUT2D eigenvalue weighted by molar-refractivity contribution is 7.09. The summed E-state index contributed by atoms with van der Waals surface area (Å²) in [4.78, 5) is 4.54. The molecule has 1 aromatic rings. The standard InChI is InChI=1S/C12H20N2OS/c1-15-11(9-5-3-2-4-6-9)12-14-10(7-13)8-16-12/h8-9,11H,2-7,13H2,1H3. The largest absolute Gasteiger partial charge is 0.374 e. The summed E-state index contributed by atoms with van der Waals surface area (Å²) in [6, 6.07) is 0. The molecule has 1 atom stereocenters. The minimum absolute atomic E-state index is 0.186. The molecule has 1 aliphatic carbocycles. The van der Waals surface area contributed by atoms with Crippen molar-refractivity contribution < 1.29 is 4.74 Å².